The summed E-state index contributed by atoms with van der Waals surface area (Å²) in [6.45, 7) is 6.67. The van der Waals surface area contributed by atoms with Crippen LogP contribution in [0.1, 0.15) is 20.8 Å². The molecule has 1 rings (SSSR count). The van der Waals surface area contributed by atoms with Crippen molar-refractivity contribution in [3.05, 3.63) is 27.2 Å². The average molecular weight is 573 g/mol. The summed E-state index contributed by atoms with van der Waals surface area (Å²) >= 11 is 18.0. The lowest BCUT2D eigenvalue weighted by Crippen LogP contribution is -2.41. The van der Waals surface area contributed by atoms with E-state index in [1.165, 1.54) is 6.26 Å². The number of hydrogen-bond acceptors (Lipinski definition) is 4. The van der Waals surface area contributed by atoms with Crippen molar-refractivity contribution in [1.82, 2.24) is 10.6 Å². The van der Waals surface area contributed by atoms with Gasteiger partial charge in [0.25, 0.3) is 0 Å². The summed E-state index contributed by atoms with van der Waals surface area (Å²) in [5, 5.41) is 7.22. The maximum atomic E-state index is 11.8. The van der Waals surface area contributed by atoms with Crippen molar-refractivity contribution in [2.24, 2.45) is 4.99 Å². The van der Waals surface area contributed by atoms with Crippen molar-refractivity contribution >= 4 is 74.6 Å². The Bertz CT molecular complexity index is 736. The normalized spacial score (nSPS) is 12.3. The van der Waals surface area contributed by atoms with Gasteiger partial charge in [-0.25, -0.2) is 8.42 Å². The monoisotopic (exact) mass is 571 g/mol. The van der Waals surface area contributed by atoms with Crippen LogP contribution in [0.15, 0.2) is 17.1 Å². The number of halogens is 4. The maximum absolute atomic E-state index is 11.8. The topological polar surface area (TPSA) is 79.8 Å². The minimum atomic E-state index is -3.21. The van der Waals surface area contributed by atoms with Gasteiger partial charge in [-0.05, 0) is 32.9 Å². The fraction of sp³-hybridized carbons (Fsp3) is 0.562. The molecule has 1 aromatic rings. The zero-order chi connectivity index (χ0) is 20.0. The first kappa shape index (κ1) is 26.8. The Balaban J connectivity index is 0.00000676. The smallest absolute Gasteiger partial charge is 0.191 e. The summed E-state index contributed by atoms with van der Waals surface area (Å²) in [6.07, 6.45) is 1.20. The highest BCUT2D eigenvalue weighted by molar-refractivity contribution is 14.0. The second-order valence-corrected chi connectivity index (χ2v) is 10.1. The Morgan fingerprint density at radius 3 is 2.22 bits per heavy atom. The molecule has 0 amide bonds. The minimum Gasteiger partial charge on any atom is -0.489 e. The molecule has 6 nitrogen and oxygen atoms in total. The van der Waals surface area contributed by atoms with Gasteiger partial charge in [-0.1, -0.05) is 34.8 Å². The molecule has 0 saturated carbocycles. The van der Waals surface area contributed by atoms with Gasteiger partial charge >= 0.3 is 0 Å². The van der Waals surface area contributed by atoms with E-state index in [9.17, 15) is 8.42 Å². The lowest BCUT2D eigenvalue weighted by molar-refractivity contribution is 0.322. The van der Waals surface area contributed by atoms with Crippen molar-refractivity contribution in [2.45, 2.75) is 25.5 Å². The number of sulfone groups is 1. The molecular formula is C16H25Cl3IN3O3S. The van der Waals surface area contributed by atoms with Gasteiger partial charge in [-0.3, -0.25) is 4.99 Å². The number of nitrogens with zero attached hydrogens (tertiary/aromatic N) is 1. The number of hydrogen-bond donors (Lipinski definition) is 2. The van der Waals surface area contributed by atoms with E-state index in [0.29, 0.717) is 39.9 Å². The molecule has 0 atom stereocenters. The minimum absolute atomic E-state index is 0. The highest BCUT2D eigenvalue weighted by Gasteiger charge is 2.29. The van der Waals surface area contributed by atoms with Crippen molar-refractivity contribution in [3.63, 3.8) is 0 Å². The zero-order valence-electron chi connectivity index (χ0n) is 15.6. The van der Waals surface area contributed by atoms with Gasteiger partial charge in [0.15, 0.2) is 21.5 Å². The van der Waals surface area contributed by atoms with Gasteiger partial charge in [0.1, 0.15) is 6.61 Å². The van der Waals surface area contributed by atoms with Crippen LogP contribution in [0.5, 0.6) is 5.75 Å². The molecular weight excluding hydrogens is 548 g/mol. The van der Waals surface area contributed by atoms with Crippen molar-refractivity contribution in [3.8, 4) is 5.75 Å². The van der Waals surface area contributed by atoms with Crippen molar-refractivity contribution in [1.29, 1.82) is 0 Å². The number of nitrogens with one attached hydrogen (secondary N) is 2. The van der Waals surface area contributed by atoms with Crippen LogP contribution in [0, 0.1) is 0 Å². The van der Waals surface area contributed by atoms with Crippen LogP contribution in [-0.4, -0.2) is 51.6 Å². The number of ether oxygens (including phenoxy) is 1. The van der Waals surface area contributed by atoms with Gasteiger partial charge in [-0.2, -0.15) is 0 Å². The molecule has 0 radical (unpaired) electrons. The number of benzene rings is 1. The van der Waals surface area contributed by atoms with Crippen LogP contribution < -0.4 is 15.4 Å². The van der Waals surface area contributed by atoms with Crippen LogP contribution in [0.3, 0.4) is 0 Å². The van der Waals surface area contributed by atoms with E-state index in [1.54, 1.807) is 26.0 Å². The van der Waals surface area contributed by atoms with Crippen LogP contribution in [0.4, 0.5) is 0 Å². The van der Waals surface area contributed by atoms with Crippen LogP contribution in [0.25, 0.3) is 0 Å². The fourth-order valence-corrected chi connectivity index (χ4v) is 2.94. The molecule has 0 spiro atoms. The molecule has 0 heterocycles. The summed E-state index contributed by atoms with van der Waals surface area (Å²) in [5.74, 6) is 0.862. The Kier molecular flexibility index (Phi) is 11.7. The Morgan fingerprint density at radius 2 is 1.74 bits per heavy atom. The van der Waals surface area contributed by atoms with E-state index in [2.05, 4.69) is 15.6 Å². The third-order valence-corrected chi connectivity index (χ3v) is 6.49. The van der Waals surface area contributed by atoms with Crippen molar-refractivity contribution < 1.29 is 13.2 Å². The quantitative estimate of drug-likeness (QED) is 0.213. The van der Waals surface area contributed by atoms with Crippen molar-refractivity contribution in [2.75, 3.05) is 32.5 Å². The Labute approximate surface area is 193 Å². The molecule has 0 bridgehead atoms. The summed E-state index contributed by atoms with van der Waals surface area (Å²) < 4.78 is 28.2. The van der Waals surface area contributed by atoms with Gasteiger partial charge in [0, 0.05) is 17.8 Å². The second kappa shape index (κ2) is 11.7. The van der Waals surface area contributed by atoms with E-state index in [-0.39, 0.29) is 37.1 Å². The lowest BCUT2D eigenvalue weighted by Gasteiger charge is -2.21. The molecule has 11 heteroatoms. The van der Waals surface area contributed by atoms with E-state index in [0.717, 1.165) is 0 Å². The number of aliphatic imine (C=N–C) groups is 1. The number of rotatable bonds is 8. The van der Waals surface area contributed by atoms with E-state index in [4.69, 9.17) is 39.5 Å². The van der Waals surface area contributed by atoms with Crippen LogP contribution >= 0.6 is 58.8 Å². The van der Waals surface area contributed by atoms with E-state index >= 15 is 0 Å². The predicted molar refractivity (Wildman–Crippen MR) is 125 cm³/mol. The average Bonchev–Trinajstić information content (AvgIpc) is 2.49. The third kappa shape index (κ3) is 8.81. The first-order valence-electron chi connectivity index (χ1n) is 7.97. The molecule has 0 aliphatic rings. The van der Waals surface area contributed by atoms with Crippen LogP contribution in [-0.2, 0) is 9.84 Å². The molecule has 0 aliphatic heterocycles. The standard InChI is InChI=1S/C16H24Cl3N3O3S.HI/c1-5-20-15(22-10-16(2,3)26(4,23)24)21-6-7-25-14-12(18)8-11(17)9-13(14)19;/h8-9H,5-7,10H2,1-4H3,(H2,20,21,22);1H. The van der Waals surface area contributed by atoms with Gasteiger partial charge in [0.05, 0.1) is 27.9 Å². The van der Waals surface area contributed by atoms with Gasteiger partial charge < -0.3 is 15.4 Å². The molecule has 2 N–H and O–H groups in total. The molecule has 0 saturated heterocycles. The molecule has 0 aromatic heterocycles. The first-order chi connectivity index (χ1) is 12.0. The van der Waals surface area contributed by atoms with Crippen LogP contribution in [0.2, 0.25) is 15.1 Å². The summed E-state index contributed by atoms with van der Waals surface area (Å²) in [5.41, 5.74) is 0. The van der Waals surface area contributed by atoms with Gasteiger partial charge in [0.2, 0.25) is 0 Å². The van der Waals surface area contributed by atoms with E-state index in [1.807, 2.05) is 6.92 Å². The molecule has 0 aliphatic carbocycles. The predicted octanol–water partition coefficient (Wildman–Crippen LogP) is 4.02. The SMILES string of the molecule is CCNC(=NCC(C)(C)S(C)(=O)=O)NCCOc1c(Cl)cc(Cl)cc1Cl.I. The molecule has 0 unspecified atom stereocenters. The molecule has 156 valence electrons. The zero-order valence-corrected chi connectivity index (χ0v) is 21.0. The van der Waals surface area contributed by atoms with E-state index < -0.39 is 14.6 Å². The van der Waals surface area contributed by atoms with Gasteiger partial charge in [-0.15, -0.1) is 24.0 Å². The summed E-state index contributed by atoms with van der Waals surface area (Å²) in [4.78, 5) is 4.33. The summed E-state index contributed by atoms with van der Waals surface area (Å²) in [6, 6.07) is 3.10. The molecule has 27 heavy (non-hydrogen) atoms. The Hall–Kier alpha value is -0.160. The third-order valence-electron chi connectivity index (χ3n) is 3.57. The molecule has 0 fully saturated rings. The number of guanidine groups is 1. The maximum Gasteiger partial charge on any atom is 0.191 e. The summed E-state index contributed by atoms with van der Waals surface area (Å²) in [7, 11) is -3.21. The highest BCUT2D eigenvalue weighted by Crippen LogP contribution is 2.35. The fourth-order valence-electron chi connectivity index (χ4n) is 1.72. The second-order valence-electron chi connectivity index (χ2n) is 6.20. The first-order valence-corrected chi connectivity index (χ1v) is 11.0. The lowest BCUT2D eigenvalue weighted by atomic mass is 10.2. The Morgan fingerprint density at radius 1 is 1.19 bits per heavy atom. The largest absolute Gasteiger partial charge is 0.489 e. The molecule has 1 aromatic carbocycles. The highest BCUT2D eigenvalue weighted by atomic mass is 127.